The number of amides is 1. The molecule has 2 aliphatic rings. The Kier molecular flexibility index (Phi) is 6.97. The fourth-order valence-electron chi connectivity index (χ4n) is 5.28. The number of hydrogen-bond donors (Lipinski definition) is 1. The fraction of sp³-hybridized carbons (Fsp3) is 0.481. The molecule has 6 nitrogen and oxygen atoms in total. The van der Waals surface area contributed by atoms with Crippen LogP contribution < -0.4 is 5.32 Å². The van der Waals surface area contributed by atoms with E-state index in [2.05, 4.69) is 54.1 Å². The molecule has 0 saturated carbocycles. The summed E-state index contributed by atoms with van der Waals surface area (Å²) >= 11 is 1.70. The van der Waals surface area contributed by atoms with Gasteiger partial charge in [0.05, 0.1) is 29.0 Å². The predicted molar refractivity (Wildman–Crippen MR) is 139 cm³/mol. The Balaban J connectivity index is 1.17. The van der Waals surface area contributed by atoms with Gasteiger partial charge in [-0.25, -0.2) is 4.98 Å². The van der Waals surface area contributed by atoms with E-state index in [1.807, 2.05) is 24.3 Å². The molecule has 3 heterocycles. The lowest BCUT2D eigenvalue weighted by Crippen LogP contribution is -2.50. The van der Waals surface area contributed by atoms with Crippen LogP contribution in [-0.4, -0.2) is 71.7 Å². The average Bonchev–Trinajstić information content (AvgIpc) is 3.40. The van der Waals surface area contributed by atoms with E-state index in [0.717, 1.165) is 60.8 Å². The van der Waals surface area contributed by atoms with E-state index in [4.69, 9.17) is 9.72 Å². The van der Waals surface area contributed by atoms with Gasteiger partial charge in [0.2, 0.25) is 5.91 Å². The van der Waals surface area contributed by atoms with Crippen molar-refractivity contribution in [1.29, 1.82) is 0 Å². The number of aromatic nitrogens is 1. The van der Waals surface area contributed by atoms with Gasteiger partial charge in [0, 0.05) is 36.9 Å². The lowest BCUT2D eigenvalue weighted by molar-refractivity contribution is -0.117. The minimum atomic E-state index is 0.0545. The van der Waals surface area contributed by atoms with Crippen molar-refractivity contribution in [3.05, 3.63) is 48.0 Å². The molecular weight excluding hydrogens is 444 g/mol. The third kappa shape index (κ3) is 5.49. The second-order valence-electron chi connectivity index (χ2n) is 9.86. The quantitative estimate of drug-likeness (QED) is 0.552. The first-order chi connectivity index (χ1) is 16.4. The predicted octanol–water partition coefficient (Wildman–Crippen LogP) is 4.78. The summed E-state index contributed by atoms with van der Waals surface area (Å²) < 4.78 is 7.07. The van der Waals surface area contributed by atoms with Crippen LogP contribution in [0.5, 0.6) is 0 Å². The van der Waals surface area contributed by atoms with Gasteiger partial charge in [-0.3, -0.25) is 14.6 Å². The smallest absolute Gasteiger partial charge is 0.238 e. The molecule has 3 unspecified atom stereocenters. The topological polar surface area (TPSA) is 57.7 Å². The Labute approximate surface area is 205 Å². The van der Waals surface area contributed by atoms with E-state index in [9.17, 15) is 4.79 Å². The number of rotatable bonds is 6. The van der Waals surface area contributed by atoms with E-state index < -0.39 is 0 Å². The zero-order valence-electron chi connectivity index (χ0n) is 20.3. The Morgan fingerprint density at radius 3 is 2.68 bits per heavy atom. The Morgan fingerprint density at radius 1 is 1.15 bits per heavy atom. The minimum Gasteiger partial charge on any atom is -0.373 e. The molecule has 34 heavy (non-hydrogen) atoms. The SMILES string of the molecule is Cc1ccc2nc(-c3ccc(NC(=O)CN4CCCC4CN4CC(C)OC(C)C4)cc3)sc2c1. The normalized spacial score (nSPS) is 24.0. The molecule has 0 aliphatic carbocycles. The summed E-state index contributed by atoms with van der Waals surface area (Å²) in [5, 5.41) is 4.09. The zero-order chi connectivity index (χ0) is 23.7. The molecule has 2 fully saturated rings. The second kappa shape index (κ2) is 10.1. The summed E-state index contributed by atoms with van der Waals surface area (Å²) in [6.07, 6.45) is 2.86. The summed E-state index contributed by atoms with van der Waals surface area (Å²) in [6, 6.07) is 14.8. The number of morpholine rings is 1. The number of anilines is 1. The highest BCUT2D eigenvalue weighted by atomic mass is 32.1. The van der Waals surface area contributed by atoms with E-state index in [1.165, 1.54) is 10.3 Å². The first-order valence-corrected chi connectivity index (χ1v) is 13.1. The van der Waals surface area contributed by atoms with Crippen LogP contribution in [0.1, 0.15) is 32.3 Å². The summed E-state index contributed by atoms with van der Waals surface area (Å²) in [4.78, 5) is 22.4. The van der Waals surface area contributed by atoms with Crippen LogP contribution in [0, 0.1) is 6.92 Å². The Bertz CT molecular complexity index is 1140. The van der Waals surface area contributed by atoms with Crippen LogP contribution >= 0.6 is 11.3 Å². The molecule has 180 valence electrons. The number of hydrogen-bond acceptors (Lipinski definition) is 6. The van der Waals surface area contributed by atoms with Crippen molar-refractivity contribution in [3.63, 3.8) is 0 Å². The van der Waals surface area contributed by atoms with Crippen LogP contribution in [-0.2, 0) is 9.53 Å². The van der Waals surface area contributed by atoms with E-state index in [-0.39, 0.29) is 18.1 Å². The maximum atomic E-state index is 12.8. The van der Waals surface area contributed by atoms with Crippen LogP contribution in [0.3, 0.4) is 0 Å². The summed E-state index contributed by atoms with van der Waals surface area (Å²) in [5.74, 6) is 0.0545. The third-order valence-electron chi connectivity index (χ3n) is 6.77. The molecule has 5 rings (SSSR count). The molecule has 0 radical (unpaired) electrons. The highest BCUT2D eigenvalue weighted by molar-refractivity contribution is 7.21. The lowest BCUT2D eigenvalue weighted by atomic mass is 10.1. The van der Waals surface area contributed by atoms with Crippen molar-refractivity contribution in [1.82, 2.24) is 14.8 Å². The number of nitrogens with zero attached hydrogens (tertiary/aromatic N) is 3. The molecular formula is C27H34N4O2S. The number of benzene rings is 2. The number of nitrogens with one attached hydrogen (secondary N) is 1. The molecule has 2 aromatic carbocycles. The first kappa shape index (κ1) is 23.4. The van der Waals surface area contributed by atoms with Crippen LogP contribution in [0.2, 0.25) is 0 Å². The van der Waals surface area contributed by atoms with Gasteiger partial charge in [0.1, 0.15) is 5.01 Å². The molecule has 1 N–H and O–H groups in total. The average molecular weight is 479 g/mol. The molecule has 2 saturated heterocycles. The number of carbonyl (C=O) groups is 1. The first-order valence-electron chi connectivity index (χ1n) is 12.3. The number of carbonyl (C=O) groups excluding carboxylic acids is 1. The van der Waals surface area contributed by atoms with E-state index in [0.29, 0.717) is 12.6 Å². The molecule has 3 atom stereocenters. The summed E-state index contributed by atoms with van der Waals surface area (Å²) in [6.45, 7) is 10.8. The molecule has 1 amide bonds. The summed E-state index contributed by atoms with van der Waals surface area (Å²) in [5.41, 5.74) is 4.18. The summed E-state index contributed by atoms with van der Waals surface area (Å²) in [7, 11) is 0. The third-order valence-corrected chi connectivity index (χ3v) is 7.84. The van der Waals surface area contributed by atoms with Gasteiger partial charge in [0.15, 0.2) is 0 Å². The van der Waals surface area contributed by atoms with E-state index >= 15 is 0 Å². The van der Waals surface area contributed by atoms with Gasteiger partial charge < -0.3 is 10.1 Å². The van der Waals surface area contributed by atoms with Gasteiger partial charge in [-0.05, 0) is 82.1 Å². The molecule has 3 aromatic rings. The van der Waals surface area contributed by atoms with Gasteiger partial charge in [-0.1, -0.05) is 6.07 Å². The van der Waals surface area contributed by atoms with E-state index in [1.54, 1.807) is 11.3 Å². The van der Waals surface area contributed by atoms with Crippen molar-refractivity contribution in [2.75, 3.05) is 38.0 Å². The van der Waals surface area contributed by atoms with Crippen molar-refractivity contribution >= 4 is 33.1 Å². The maximum absolute atomic E-state index is 12.8. The van der Waals surface area contributed by atoms with Gasteiger partial charge in [-0.15, -0.1) is 11.3 Å². The number of thiazole rings is 1. The molecule has 2 aliphatic heterocycles. The highest BCUT2D eigenvalue weighted by Crippen LogP contribution is 2.31. The van der Waals surface area contributed by atoms with Crippen molar-refractivity contribution in [2.24, 2.45) is 0 Å². The monoisotopic (exact) mass is 478 g/mol. The largest absolute Gasteiger partial charge is 0.373 e. The Morgan fingerprint density at radius 2 is 1.91 bits per heavy atom. The molecule has 7 heteroatoms. The van der Waals surface area contributed by atoms with Gasteiger partial charge in [-0.2, -0.15) is 0 Å². The highest BCUT2D eigenvalue weighted by Gasteiger charge is 2.30. The number of fused-ring (bicyclic) bond motifs is 1. The van der Waals surface area contributed by atoms with Gasteiger partial charge in [0.25, 0.3) is 0 Å². The van der Waals surface area contributed by atoms with Crippen LogP contribution in [0.4, 0.5) is 5.69 Å². The second-order valence-corrected chi connectivity index (χ2v) is 10.9. The van der Waals surface area contributed by atoms with Crippen molar-refractivity contribution in [3.8, 4) is 10.6 Å². The van der Waals surface area contributed by atoms with Crippen molar-refractivity contribution < 1.29 is 9.53 Å². The molecule has 0 bridgehead atoms. The lowest BCUT2D eigenvalue weighted by Gasteiger charge is -2.38. The van der Waals surface area contributed by atoms with Gasteiger partial charge >= 0.3 is 0 Å². The minimum absolute atomic E-state index is 0.0545. The molecule has 0 spiro atoms. The maximum Gasteiger partial charge on any atom is 0.238 e. The zero-order valence-corrected chi connectivity index (χ0v) is 21.1. The number of likely N-dealkylation sites (tertiary alicyclic amines) is 1. The molecule has 1 aromatic heterocycles. The number of aryl methyl sites for hydroxylation is 1. The van der Waals surface area contributed by atoms with Crippen LogP contribution in [0.15, 0.2) is 42.5 Å². The Hall–Kier alpha value is -2.32. The standard InChI is InChI=1S/C27H34N4O2S/c1-18-6-11-24-25(13-18)34-27(29-24)21-7-9-22(10-8-21)28-26(32)17-31-12-4-5-23(31)16-30-14-19(2)33-20(3)15-30/h6-11,13,19-20,23H,4-5,12,14-17H2,1-3H3,(H,28,32). The fourth-order valence-corrected chi connectivity index (χ4v) is 6.35. The van der Waals surface area contributed by atoms with Crippen molar-refractivity contribution in [2.45, 2.75) is 51.9 Å². The number of ether oxygens (including phenoxy) is 1. The van der Waals surface area contributed by atoms with Crippen LogP contribution in [0.25, 0.3) is 20.8 Å².